The third kappa shape index (κ3) is 3.82. The molecular weight excluding hydrogens is 226 g/mol. The van der Waals surface area contributed by atoms with Crippen molar-refractivity contribution in [1.82, 2.24) is 5.32 Å². The van der Waals surface area contributed by atoms with Crippen LogP contribution in [-0.4, -0.2) is 13.1 Å². The predicted molar refractivity (Wildman–Crippen MR) is 76.7 cm³/mol. The summed E-state index contributed by atoms with van der Waals surface area (Å²) in [6.45, 7) is 6.88. The van der Waals surface area contributed by atoms with Gasteiger partial charge in [-0.1, -0.05) is 32.8 Å². The largest absolute Gasteiger partial charge is 0.316 e. The molecule has 1 saturated carbocycles. The molecule has 1 nitrogen and oxygen atoms in total. The fraction of sp³-hybridized carbons (Fsp3) is 0.733. The van der Waals surface area contributed by atoms with Crippen molar-refractivity contribution in [2.75, 3.05) is 13.1 Å². The van der Waals surface area contributed by atoms with Crippen molar-refractivity contribution in [3.05, 3.63) is 22.4 Å². The first-order valence-electron chi connectivity index (χ1n) is 7.01. The number of nitrogens with one attached hydrogen (secondary N) is 1. The van der Waals surface area contributed by atoms with Crippen molar-refractivity contribution in [3.63, 3.8) is 0 Å². The molecule has 0 radical (unpaired) electrons. The van der Waals surface area contributed by atoms with Crippen molar-refractivity contribution in [2.45, 2.75) is 45.4 Å². The van der Waals surface area contributed by atoms with E-state index >= 15 is 0 Å². The molecule has 17 heavy (non-hydrogen) atoms. The predicted octanol–water partition coefficient (Wildman–Crippen LogP) is 4.27. The molecule has 1 heterocycles. The van der Waals surface area contributed by atoms with Gasteiger partial charge >= 0.3 is 0 Å². The maximum absolute atomic E-state index is 3.66. The van der Waals surface area contributed by atoms with Gasteiger partial charge in [-0.3, -0.25) is 0 Å². The molecule has 1 aliphatic carbocycles. The molecule has 0 spiro atoms. The van der Waals surface area contributed by atoms with Crippen molar-refractivity contribution < 1.29 is 0 Å². The van der Waals surface area contributed by atoms with Gasteiger partial charge in [0.2, 0.25) is 0 Å². The molecule has 1 N–H and O–H groups in total. The van der Waals surface area contributed by atoms with Crippen LogP contribution in [0.3, 0.4) is 0 Å². The Morgan fingerprint density at radius 3 is 2.65 bits per heavy atom. The number of thiophene rings is 1. The van der Waals surface area contributed by atoms with Crippen LogP contribution in [0.5, 0.6) is 0 Å². The zero-order valence-electron chi connectivity index (χ0n) is 11.1. The summed E-state index contributed by atoms with van der Waals surface area (Å²) >= 11 is 1.94. The Morgan fingerprint density at radius 1 is 1.29 bits per heavy atom. The van der Waals surface area contributed by atoms with Gasteiger partial charge in [-0.05, 0) is 42.7 Å². The third-order valence-corrected chi connectivity index (χ3v) is 4.80. The van der Waals surface area contributed by atoms with Crippen LogP contribution in [0.1, 0.15) is 50.3 Å². The minimum absolute atomic E-state index is 0.752. The van der Waals surface area contributed by atoms with Crippen molar-refractivity contribution >= 4 is 11.3 Å². The monoisotopic (exact) mass is 251 g/mol. The van der Waals surface area contributed by atoms with E-state index in [4.69, 9.17) is 0 Å². The van der Waals surface area contributed by atoms with E-state index in [0.717, 1.165) is 24.3 Å². The Labute approximate surface area is 110 Å². The van der Waals surface area contributed by atoms with E-state index in [2.05, 4.69) is 36.7 Å². The molecule has 96 valence electrons. The highest BCUT2D eigenvalue weighted by molar-refractivity contribution is 7.10. The Morgan fingerprint density at radius 2 is 2.06 bits per heavy atom. The van der Waals surface area contributed by atoms with Gasteiger partial charge < -0.3 is 5.32 Å². The molecule has 1 unspecified atom stereocenters. The Hall–Kier alpha value is -0.340. The molecule has 0 aliphatic heterocycles. The van der Waals surface area contributed by atoms with Gasteiger partial charge in [0.15, 0.2) is 0 Å². The summed E-state index contributed by atoms with van der Waals surface area (Å²) in [6.07, 6.45) is 5.76. The first-order chi connectivity index (χ1) is 8.27. The topological polar surface area (TPSA) is 12.0 Å². The standard InChI is InChI=1S/C15H25NS/c1-12(2)10-16-11-14(13-6-3-4-7-13)15-8-5-9-17-15/h5,8-9,12-14,16H,3-4,6-7,10-11H2,1-2H3. The quantitative estimate of drug-likeness (QED) is 0.796. The molecule has 1 aromatic heterocycles. The first kappa shape index (κ1) is 13.1. The maximum Gasteiger partial charge on any atom is 0.00916 e. The molecule has 1 aliphatic rings. The zero-order chi connectivity index (χ0) is 12.1. The Kier molecular flexibility index (Phi) is 5.05. The molecule has 1 atom stereocenters. The van der Waals surface area contributed by atoms with E-state index in [0.29, 0.717) is 0 Å². The van der Waals surface area contributed by atoms with Gasteiger partial charge in [-0.15, -0.1) is 11.3 Å². The summed E-state index contributed by atoms with van der Waals surface area (Å²) in [5, 5.41) is 5.88. The third-order valence-electron chi connectivity index (χ3n) is 3.79. The van der Waals surface area contributed by atoms with Crippen LogP contribution in [0, 0.1) is 11.8 Å². The van der Waals surface area contributed by atoms with E-state index in [1.165, 1.54) is 32.2 Å². The van der Waals surface area contributed by atoms with Crippen LogP contribution in [-0.2, 0) is 0 Å². The molecule has 2 rings (SSSR count). The molecule has 2 heteroatoms. The Bertz CT molecular complexity index is 299. The van der Waals surface area contributed by atoms with Crippen LogP contribution in [0.15, 0.2) is 17.5 Å². The summed E-state index contributed by atoms with van der Waals surface area (Å²) in [7, 11) is 0. The molecule has 0 bridgehead atoms. The fourth-order valence-corrected chi connectivity index (χ4v) is 3.81. The minimum Gasteiger partial charge on any atom is -0.316 e. The Balaban J connectivity index is 1.92. The van der Waals surface area contributed by atoms with Gasteiger partial charge in [0.05, 0.1) is 0 Å². The van der Waals surface area contributed by atoms with Gasteiger partial charge in [0.1, 0.15) is 0 Å². The lowest BCUT2D eigenvalue weighted by Crippen LogP contribution is -2.28. The average molecular weight is 251 g/mol. The maximum atomic E-state index is 3.66. The highest BCUT2D eigenvalue weighted by Crippen LogP contribution is 2.38. The lowest BCUT2D eigenvalue weighted by Gasteiger charge is -2.23. The lowest BCUT2D eigenvalue weighted by atomic mass is 9.89. The van der Waals surface area contributed by atoms with Crippen LogP contribution in [0.2, 0.25) is 0 Å². The van der Waals surface area contributed by atoms with E-state index < -0.39 is 0 Å². The molecule has 0 aromatic carbocycles. The van der Waals surface area contributed by atoms with Crippen LogP contribution >= 0.6 is 11.3 Å². The molecular formula is C15H25NS. The van der Waals surface area contributed by atoms with Gasteiger partial charge in [0, 0.05) is 17.3 Å². The zero-order valence-corrected chi connectivity index (χ0v) is 11.9. The molecule has 1 fully saturated rings. The fourth-order valence-electron chi connectivity index (χ4n) is 2.89. The smallest absolute Gasteiger partial charge is 0.00916 e. The van der Waals surface area contributed by atoms with Crippen molar-refractivity contribution in [1.29, 1.82) is 0 Å². The number of hydrogen-bond acceptors (Lipinski definition) is 2. The summed E-state index contributed by atoms with van der Waals surface area (Å²) in [5.41, 5.74) is 0. The van der Waals surface area contributed by atoms with Crippen molar-refractivity contribution in [3.8, 4) is 0 Å². The number of rotatable bonds is 6. The number of hydrogen-bond donors (Lipinski definition) is 1. The summed E-state index contributed by atoms with van der Waals surface area (Å²) in [6, 6.07) is 4.52. The highest BCUT2D eigenvalue weighted by Gasteiger charge is 2.26. The lowest BCUT2D eigenvalue weighted by molar-refractivity contribution is 0.405. The minimum atomic E-state index is 0.752. The van der Waals surface area contributed by atoms with Gasteiger partial charge in [0.25, 0.3) is 0 Å². The highest BCUT2D eigenvalue weighted by atomic mass is 32.1. The molecule has 0 amide bonds. The van der Waals surface area contributed by atoms with E-state index in [-0.39, 0.29) is 0 Å². The van der Waals surface area contributed by atoms with E-state index in [1.807, 2.05) is 11.3 Å². The normalized spacial score (nSPS) is 19.0. The van der Waals surface area contributed by atoms with Crippen LogP contribution in [0.25, 0.3) is 0 Å². The second-order valence-corrected chi connectivity index (χ2v) is 6.70. The van der Waals surface area contributed by atoms with Gasteiger partial charge in [-0.25, -0.2) is 0 Å². The van der Waals surface area contributed by atoms with E-state index in [1.54, 1.807) is 4.88 Å². The summed E-state index contributed by atoms with van der Waals surface area (Å²) in [5.74, 6) is 2.44. The molecule has 1 aromatic rings. The second kappa shape index (κ2) is 6.55. The molecule has 0 saturated heterocycles. The SMILES string of the molecule is CC(C)CNCC(c1cccs1)C1CCCC1. The van der Waals surface area contributed by atoms with Crippen LogP contribution in [0.4, 0.5) is 0 Å². The second-order valence-electron chi connectivity index (χ2n) is 5.72. The van der Waals surface area contributed by atoms with Crippen molar-refractivity contribution in [2.24, 2.45) is 11.8 Å². The van der Waals surface area contributed by atoms with Crippen LogP contribution < -0.4 is 5.32 Å². The summed E-state index contributed by atoms with van der Waals surface area (Å²) < 4.78 is 0. The van der Waals surface area contributed by atoms with E-state index in [9.17, 15) is 0 Å². The summed E-state index contributed by atoms with van der Waals surface area (Å²) in [4.78, 5) is 1.59. The van der Waals surface area contributed by atoms with Gasteiger partial charge in [-0.2, -0.15) is 0 Å². The average Bonchev–Trinajstić information content (AvgIpc) is 2.97. The first-order valence-corrected chi connectivity index (χ1v) is 7.89.